The van der Waals surface area contributed by atoms with E-state index in [9.17, 15) is 4.79 Å². The lowest BCUT2D eigenvalue weighted by Gasteiger charge is -2.03. The average Bonchev–Trinajstić information content (AvgIpc) is 3.31. The molecule has 0 spiro atoms. The second-order valence-electron chi connectivity index (χ2n) is 5.04. The molecular weight excluding hydrogens is 324 g/mol. The molecule has 3 heterocycles. The molecule has 124 valence electrons. The van der Waals surface area contributed by atoms with Gasteiger partial charge in [0.2, 0.25) is 12.7 Å². The van der Waals surface area contributed by atoms with Crippen LogP contribution < -0.4 is 14.8 Å². The number of hydrogen-bond acceptors (Lipinski definition) is 7. The van der Waals surface area contributed by atoms with Gasteiger partial charge in [-0.3, -0.25) is 4.79 Å². The highest BCUT2D eigenvalue weighted by molar-refractivity contribution is 6.01. The van der Waals surface area contributed by atoms with E-state index in [1.165, 1.54) is 29.7 Å². The maximum absolute atomic E-state index is 12.1. The summed E-state index contributed by atoms with van der Waals surface area (Å²) in [5.41, 5.74) is 0.824. The summed E-state index contributed by atoms with van der Waals surface area (Å²) in [5.74, 6) is 1.91. The van der Waals surface area contributed by atoms with Gasteiger partial charge in [-0.15, -0.1) is 0 Å². The minimum absolute atomic E-state index is 0.213. The highest BCUT2D eigenvalue weighted by atomic mass is 16.7. The predicted octanol–water partition coefficient (Wildman–Crippen LogP) is 1.44. The molecule has 0 radical (unpaired) electrons. The number of ether oxygens (including phenoxy) is 2. The number of benzene rings is 1. The summed E-state index contributed by atoms with van der Waals surface area (Å²) < 4.78 is 12.0. The second-order valence-corrected chi connectivity index (χ2v) is 5.04. The lowest BCUT2D eigenvalue weighted by Crippen LogP contribution is -2.10. The van der Waals surface area contributed by atoms with E-state index in [2.05, 4.69) is 25.4 Å². The third kappa shape index (κ3) is 3.29. The van der Waals surface area contributed by atoms with Crippen LogP contribution in [-0.4, -0.2) is 37.4 Å². The van der Waals surface area contributed by atoms with Crippen molar-refractivity contribution in [3.05, 3.63) is 54.9 Å². The maximum Gasteiger partial charge on any atom is 0.249 e. The van der Waals surface area contributed by atoms with Gasteiger partial charge in [0.25, 0.3) is 0 Å². The Morgan fingerprint density at radius 3 is 2.96 bits per heavy atom. The lowest BCUT2D eigenvalue weighted by atomic mass is 10.2. The number of carbonyl (C=O) groups excluding carboxylic acids is 1. The van der Waals surface area contributed by atoms with E-state index in [0.29, 0.717) is 23.1 Å². The number of anilines is 1. The van der Waals surface area contributed by atoms with E-state index in [4.69, 9.17) is 9.47 Å². The van der Waals surface area contributed by atoms with E-state index >= 15 is 0 Å². The third-order valence-electron chi connectivity index (χ3n) is 3.38. The number of fused-ring (bicyclic) bond motifs is 1. The standard InChI is InChI=1S/C16H12N6O3/c23-16(4-2-11-1-3-12-13(5-11)25-10-24-12)21-14-6-15(19-8-18-14)22-9-17-7-20-22/h1-9H,10H2,(H,18,19,21,23)/b4-2+. The molecule has 25 heavy (non-hydrogen) atoms. The van der Waals surface area contributed by atoms with Gasteiger partial charge in [-0.05, 0) is 23.8 Å². The highest BCUT2D eigenvalue weighted by Crippen LogP contribution is 2.32. The minimum Gasteiger partial charge on any atom is -0.454 e. The summed E-state index contributed by atoms with van der Waals surface area (Å²) in [5, 5.41) is 6.65. The van der Waals surface area contributed by atoms with Crippen molar-refractivity contribution in [3.8, 4) is 17.3 Å². The number of hydrogen-bond donors (Lipinski definition) is 1. The van der Waals surface area contributed by atoms with Gasteiger partial charge in [-0.25, -0.2) is 19.6 Å². The second kappa shape index (κ2) is 6.40. The van der Waals surface area contributed by atoms with Crippen molar-refractivity contribution in [1.29, 1.82) is 0 Å². The van der Waals surface area contributed by atoms with Gasteiger partial charge in [0.05, 0.1) is 0 Å². The molecule has 0 bridgehead atoms. The van der Waals surface area contributed by atoms with Gasteiger partial charge in [0.15, 0.2) is 17.3 Å². The molecule has 1 aliphatic rings. The van der Waals surface area contributed by atoms with Crippen LogP contribution in [0.15, 0.2) is 49.3 Å². The van der Waals surface area contributed by atoms with E-state index in [-0.39, 0.29) is 12.7 Å². The molecule has 0 unspecified atom stereocenters. The van der Waals surface area contributed by atoms with Crippen LogP contribution in [0.25, 0.3) is 11.9 Å². The third-order valence-corrected chi connectivity index (χ3v) is 3.38. The first-order valence-corrected chi connectivity index (χ1v) is 7.34. The summed E-state index contributed by atoms with van der Waals surface area (Å²) in [7, 11) is 0. The minimum atomic E-state index is -0.319. The SMILES string of the molecule is O=C(/C=C/c1ccc2c(c1)OCO2)Nc1cc(-n2cncn2)ncn1. The molecule has 0 atom stereocenters. The Balaban J connectivity index is 1.44. The fourth-order valence-electron chi connectivity index (χ4n) is 2.22. The largest absolute Gasteiger partial charge is 0.454 e. The normalized spacial score (nSPS) is 12.5. The first-order chi connectivity index (χ1) is 12.3. The van der Waals surface area contributed by atoms with E-state index in [1.54, 1.807) is 24.3 Å². The van der Waals surface area contributed by atoms with Gasteiger partial charge in [0.1, 0.15) is 24.8 Å². The summed E-state index contributed by atoms with van der Waals surface area (Å²) in [6.07, 6.45) is 7.34. The van der Waals surface area contributed by atoms with Gasteiger partial charge < -0.3 is 14.8 Å². The summed E-state index contributed by atoms with van der Waals surface area (Å²) >= 11 is 0. The van der Waals surface area contributed by atoms with Gasteiger partial charge in [-0.2, -0.15) is 5.10 Å². The fraction of sp³-hybridized carbons (Fsp3) is 0.0625. The first-order valence-electron chi connectivity index (χ1n) is 7.34. The Kier molecular flexibility index (Phi) is 3.79. The topological polar surface area (TPSA) is 104 Å². The molecule has 1 aliphatic heterocycles. The first kappa shape index (κ1) is 14.8. The predicted molar refractivity (Wildman–Crippen MR) is 87.2 cm³/mol. The van der Waals surface area contributed by atoms with Crippen LogP contribution in [-0.2, 0) is 4.79 Å². The molecule has 1 amide bonds. The maximum atomic E-state index is 12.1. The lowest BCUT2D eigenvalue weighted by molar-refractivity contribution is -0.111. The Morgan fingerprint density at radius 1 is 1.16 bits per heavy atom. The van der Waals surface area contributed by atoms with Crippen molar-refractivity contribution in [2.45, 2.75) is 0 Å². The monoisotopic (exact) mass is 336 g/mol. The Labute approximate surface area is 142 Å². The molecule has 9 nitrogen and oxygen atoms in total. The number of rotatable bonds is 4. The molecule has 0 saturated carbocycles. The van der Waals surface area contributed by atoms with E-state index in [0.717, 1.165) is 5.56 Å². The number of amides is 1. The van der Waals surface area contributed by atoms with Crippen molar-refractivity contribution >= 4 is 17.8 Å². The zero-order valence-corrected chi connectivity index (χ0v) is 12.9. The van der Waals surface area contributed by atoms with Gasteiger partial charge in [0, 0.05) is 12.1 Å². The fourth-order valence-corrected chi connectivity index (χ4v) is 2.22. The molecular formula is C16H12N6O3. The molecule has 9 heteroatoms. The Hall–Kier alpha value is -3.75. The molecule has 0 fully saturated rings. The van der Waals surface area contributed by atoms with E-state index < -0.39 is 0 Å². The quantitative estimate of drug-likeness (QED) is 0.719. The number of nitrogens with one attached hydrogen (secondary N) is 1. The van der Waals surface area contributed by atoms with Crippen molar-refractivity contribution < 1.29 is 14.3 Å². The number of carbonyl (C=O) groups is 1. The van der Waals surface area contributed by atoms with Crippen molar-refractivity contribution in [2.24, 2.45) is 0 Å². The van der Waals surface area contributed by atoms with Crippen LogP contribution in [0, 0.1) is 0 Å². The number of nitrogens with zero attached hydrogens (tertiary/aromatic N) is 5. The molecule has 3 aromatic rings. The molecule has 0 saturated heterocycles. The van der Waals surface area contributed by atoms with Crippen LogP contribution in [0.5, 0.6) is 11.5 Å². The summed E-state index contributed by atoms with van der Waals surface area (Å²) in [6, 6.07) is 7.04. The molecule has 0 aliphatic carbocycles. The molecule has 1 aromatic carbocycles. The van der Waals surface area contributed by atoms with Gasteiger partial charge >= 0.3 is 0 Å². The van der Waals surface area contributed by atoms with Crippen LogP contribution in [0.3, 0.4) is 0 Å². The van der Waals surface area contributed by atoms with Crippen LogP contribution in [0.1, 0.15) is 5.56 Å². The molecule has 1 N–H and O–H groups in total. The van der Waals surface area contributed by atoms with E-state index in [1.807, 2.05) is 6.07 Å². The average molecular weight is 336 g/mol. The van der Waals surface area contributed by atoms with Crippen LogP contribution in [0.2, 0.25) is 0 Å². The van der Waals surface area contributed by atoms with Crippen molar-refractivity contribution in [2.75, 3.05) is 12.1 Å². The molecule has 4 rings (SSSR count). The smallest absolute Gasteiger partial charge is 0.249 e. The van der Waals surface area contributed by atoms with Crippen molar-refractivity contribution in [3.63, 3.8) is 0 Å². The highest BCUT2D eigenvalue weighted by Gasteiger charge is 2.12. The van der Waals surface area contributed by atoms with Crippen LogP contribution >= 0.6 is 0 Å². The molecule has 2 aromatic heterocycles. The summed E-state index contributed by atoms with van der Waals surface area (Å²) in [6.45, 7) is 0.213. The van der Waals surface area contributed by atoms with Crippen molar-refractivity contribution in [1.82, 2.24) is 24.7 Å². The zero-order valence-electron chi connectivity index (χ0n) is 12.9. The van der Waals surface area contributed by atoms with Gasteiger partial charge in [-0.1, -0.05) is 6.07 Å². The van der Waals surface area contributed by atoms with Crippen LogP contribution in [0.4, 0.5) is 5.82 Å². The summed E-state index contributed by atoms with van der Waals surface area (Å²) in [4.78, 5) is 24.0. The Morgan fingerprint density at radius 2 is 2.08 bits per heavy atom. The number of aromatic nitrogens is 5. The zero-order chi connectivity index (χ0) is 17.1. The Bertz CT molecular complexity index is 939.